The maximum absolute atomic E-state index is 6.24. The molecule has 0 fully saturated rings. The number of hydrogen-bond donors (Lipinski definition) is 1. The molecule has 1 aromatic carbocycles. The molecule has 1 heterocycles. The lowest BCUT2D eigenvalue weighted by Gasteiger charge is -2.18. The van der Waals surface area contributed by atoms with Crippen molar-refractivity contribution in [2.24, 2.45) is 11.7 Å². The first-order valence-corrected chi connectivity index (χ1v) is 6.89. The summed E-state index contributed by atoms with van der Waals surface area (Å²) in [5.74, 6) is 0.944. The van der Waals surface area contributed by atoms with Gasteiger partial charge < -0.3 is 10.3 Å². The minimum Gasteiger partial charge on any atom is -0.322 e. The van der Waals surface area contributed by atoms with E-state index in [9.17, 15) is 0 Å². The highest BCUT2D eigenvalue weighted by Gasteiger charge is 2.15. The van der Waals surface area contributed by atoms with E-state index in [0.717, 1.165) is 11.4 Å². The molecule has 1 aromatic heterocycles. The molecule has 0 spiro atoms. The van der Waals surface area contributed by atoms with Gasteiger partial charge in [0.05, 0.1) is 18.2 Å². The molecule has 2 aromatic rings. The molecule has 0 saturated heterocycles. The van der Waals surface area contributed by atoms with Crippen molar-refractivity contribution in [3.63, 3.8) is 0 Å². The van der Waals surface area contributed by atoms with E-state index in [2.05, 4.69) is 61.5 Å². The summed E-state index contributed by atoms with van der Waals surface area (Å²) in [4.78, 5) is 4.24. The van der Waals surface area contributed by atoms with E-state index in [-0.39, 0.29) is 6.04 Å². The fourth-order valence-electron chi connectivity index (χ4n) is 2.13. The summed E-state index contributed by atoms with van der Waals surface area (Å²) in [5.41, 5.74) is 9.76. The molecule has 3 nitrogen and oxygen atoms in total. The van der Waals surface area contributed by atoms with Crippen molar-refractivity contribution in [2.75, 3.05) is 0 Å². The zero-order valence-electron chi connectivity index (χ0n) is 12.2. The van der Waals surface area contributed by atoms with Crippen LogP contribution in [-0.2, 0) is 0 Å². The molecule has 0 bridgehead atoms. The van der Waals surface area contributed by atoms with Crippen LogP contribution in [0.5, 0.6) is 0 Å². The maximum atomic E-state index is 6.24. The summed E-state index contributed by atoms with van der Waals surface area (Å²) in [7, 11) is 0. The number of aromatic nitrogens is 2. The van der Waals surface area contributed by atoms with Crippen LogP contribution in [0.4, 0.5) is 0 Å². The second-order valence-electron chi connectivity index (χ2n) is 5.70. The Morgan fingerprint density at radius 2 is 1.68 bits per heavy atom. The summed E-state index contributed by atoms with van der Waals surface area (Å²) in [6.45, 7) is 8.66. The molecule has 0 amide bonds. The Kier molecular flexibility index (Phi) is 4.05. The Morgan fingerprint density at radius 3 is 2.21 bits per heavy atom. The number of nitrogens with zero attached hydrogens (tertiary/aromatic N) is 2. The molecule has 0 saturated carbocycles. The summed E-state index contributed by atoms with van der Waals surface area (Å²) < 4.78 is 2.08. The van der Waals surface area contributed by atoms with Gasteiger partial charge in [0.25, 0.3) is 0 Å². The van der Waals surface area contributed by atoms with Crippen molar-refractivity contribution in [2.45, 2.75) is 39.7 Å². The van der Waals surface area contributed by atoms with Crippen molar-refractivity contribution in [1.82, 2.24) is 9.55 Å². The van der Waals surface area contributed by atoms with Gasteiger partial charge in [0.2, 0.25) is 0 Å². The van der Waals surface area contributed by atoms with Crippen LogP contribution in [0.2, 0.25) is 0 Å². The fourth-order valence-corrected chi connectivity index (χ4v) is 2.13. The van der Waals surface area contributed by atoms with Gasteiger partial charge in [-0.05, 0) is 29.5 Å². The molecule has 19 heavy (non-hydrogen) atoms. The second kappa shape index (κ2) is 5.57. The van der Waals surface area contributed by atoms with Crippen molar-refractivity contribution in [1.29, 1.82) is 0 Å². The van der Waals surface area contributed by atoms with Crippen LogP contribution in [0.25, 0.3) is 5.69 Å². The third-order valence-electron chi connectivity index (χ3n) is 3.56. The molecular formula is C16H23N3. The molecule has 0 radical (unpaired) electrons. The van der Waals surface area contributed by atoms with Crippen molar-refractivity contribution < 1.29 is 0 Å². The summed E-state index contributed by atoms with van der Waals surface area (Å²) in [5, 5.41) is 0. The van der Waals surface area contributed by atoms with E-state index in [1.807, 2.05) is 12.5 Å². The fraction of sp³-hybridized carbons (Fsp3) is 0.438. The molecule has 1 unspecified atom stereocenters. The van der Waals surface area contributed by atoms with Crippen LogP contribution in [0.3, 0.4) is 0 Å². The van der Waals surface area contributed by atoms with Gasteiger partial charge in [-0.25, -0.2) is 4.98 Å². The third-order valence-corrected chi connectivity index (χ3v) is 3.56. The predicted octanol–water partition coefficient (Wildman–Crippen LogP) is 3.65. The van der Waals surface area contributed by atoms with Crippen molar-refractivity contribution in [3.8, 4) is 5.69 Å². The number of hydrogen-bond acceptors (Lipinski definition) is 2. The van der Waals surface area contributed by atoms with Gasteiger partial charge in [-0.1, -0.05) is 39.8 Å². The van der Waals surface area contributed by atoms with Gasteiger partial charge in [0, 0.05) is 11.7 Å². The smallest absolute Gasteiger partial charge is 0.0994 e. The van der Waals surface area contributed by atoms with E-state index >= 15 is 0 Å². The van der Waals surface area contributed by atoms with E-state index < -0.39 is 0 Å². The van der Waals surface area contributed by atoms with Gasteiger partial charge in [-0.2, -0.15) is 0 Å². The summed E-state index contributed by atoms with van der Waals surface area (Å²) >= 11 is 0. The van der Waals surface area contributed by atoms with Crippen LogP contribution in [0.15, 0.2) is 36.8 Å². The van der Waals surface area contributed by atoms with E-state index in [1.165, 1.54) is 5.56 Å². The third kappa shape index (κ3) is 2.87. The lowest BCUT2D eigenvalue weighted by molar-refractivity contribution is 0.497. The largest absolute Gasteiger partial charge is 0.322 e. The molecule has 1 atom stereocenters. The average molecular weight is 257 g/mol. The van der Waals surface area contributed by atoms with E-state index in [4.69, 9.17) is 5.73 Å². The Morgan fingerprint density at radius 1 is 1.05 bits per heavy atom. The minimum atomic E-state index is 0.00674. The molecule has 0 aliphatic heterocycles. The normalized spacial score (nSPS) is 13.2. The molecule has 102 valence electrons. The van der Waals surface area contributed by atoms with E-state index in [1.54, 1.807) is 0 Å². The molecule has 0 aliphatic carbocycles. The first-order chi connectivity index (χ1) is 9.00. The Hall–Kier alpha value is -1.61. The Labute approximate surface area is 115 Å². The lowest BCUT2D eigenvalue weighted by Crippen LogP contribution is -2.19. The molecule has 3 heteroatoms. The van der Waals surface area contributed by atoms with Gasteiger partial charge in [0.15, 0.2) is 0 Å². The van der Waals surface area contributed by atoms with Gasteiger partial charge in [0.1, 0.15) is 0 Å². The topological polar surface area (TPSA) is 43.8 Å². The molecule has 0 aliphatic rings. The van der Waals surface area contributed by atoms with Gasteiger partial charge >= 0.3 is 0 Å². The summed E-state index contributed by atoms with van der Waals surface area (Å²) in [6, 6.07) is 8.61. The first-order valence-electron chi connectivity index (χ1n) is 6.89. The second-order valence-corrected chi connectivity index (χ2v) is 5.70. The van der Waals surface area contributed by atoms with Gasteiger partial charge in [-0.15, -0.1) is 0 Å². The SMILES string of the molecule is CC(C)c1ccc(-n2cncc2C(N)C(C)C)cc1. The zero-order chi connectivity index (χ0) is 14.0. The number of nitrogens with two attached hydrogens (primary N) is 1. The lowest BCUT2D eigenvalue weighted by atomic mass is 10.0. The quantitative estimate of drug-likeness (QED) is 0.908. The number of imidazole rings is 1. The highest BCUT2D eigenvalue weighted by atomic mass is 15.1. The highest BCUT2D eigenvalue weighted by molar-refractivity contribution is 5.37. The average Bonchev–Trinajstić information content (AvgIpc) is 2.86. The molecular weight excluding hydrogens is 234 g/mol. The number of rotatable bonds is 4. The summed E-state index contributed by atoms with van der Waals surface area (Å²) in [6.07, 6.45) is 3.70. The molecule has 2 N–H and O–H groups in total. The van der Waals surface area contributed by atoms with Crippen molar-refractivity contribution in [3.05, 3.63) is 48.0 Å². The zero-order valence-corrected chi connectivity index (χ0v) is 12.2. The van der Waals surface area contributed by atoms with Crippen molar-refractivity contribution >= 4 is 0 Å². The first kappa shape index (κ1) is 13.8. The molecule has 2 rings (SSSR count). The highest BCUT2D eigenvalue weighted by Crippen LogP contribution is 2.23. The minimum absolute atomic E-state index is 0.00674. The Bertz CT molecular complexity index is 523. The van der Waals surface area contributed by atoms with Crippen LogP contribution >= 0.6 is 0 Å². The van der Waals surface area contributed by atoms with Crippen LogP contribution in [0, 0.1) is 5.92 Å². The standard InChI is InChI=1S/C16H23N3/c1-11(2)13-5-7-14(8-6-13)19-10-18-9-15(19)16(17)12(3)4/h5-12,16H,17H2,1-4H3. The van der Waals surface area contributed by atoms with Gasteiger partial charge in [-0.3, -0.25) is 0 Å². The van der Waals surface area contributed by atoms with Crippen LogP contribution < -0.4 is 5.73 Å². The van der Waals surface area contributed by atoms with Crippen LogP contribution in [0.1, 0.15) is 50.9 Å². The predicted molar refractivity (Wildman–Crippen MR) is 79.4 cm³/mol. The maximum Gasteiger partial charge on any atom is 0.0994 e. The monoisotopic (exact) mass is 257 g/mol. The van der Waals surface area contributed by atoms with Crippen LogP contribution in [-0.4, -0.2) is 9.55 Å². The Balaban J connectivity index is 2.35. The number of benzene rings is 1. The van der Waals surface area contributed by atoms with E-state index in [0.29, 0.717) is 11.8 Å².